The van der Waals surface area contributed by atoms with Gasteiger partial charge < -0.3 is 14.2 Å². The average Bonchev–Trinajstić information content (AvgIpc) is 2.51. The number of methoxy groups -OCH3 is 2. The van der Waals surface area contributed by atoms with Crippen LogP contribution in [0.15, 0.2) is 0 Å². The third-order valence-corrected chi connectivity index (χ3v) is 4.35. The van der Waals surface area contributed by atoms with Crippen LogP contribution in [0.2, 0.25) is 0 Å². The third kappa shape index (κ3) is 8.44. The molecule has 0 amide bonds. The van der Waals surface area contributed by atoms with E-state index < -0.39 is 5.97 Å². The fourth-order valence-electron chi connectivity index (χ4n) is 2.86. The minimum atomic E-state index is -0.888. The molecule has 3 nitrogen and oxygen atoms in total. The van der Waals surface area contributed by atoms with Gasteiger partial charge in [-0.2, -0.15) is 12.6 Å². The maximum atomic E-state index is 5.81. The smallest absolute Gasteiger partial charge is 0.285 e. The molecular weight excluding hydrogens is 284 g/mol. The minimum Gasteiger partial charge on any atom is -0.331 e. The van der Waals surface area contributed by atoms with Crippen molar-refractivity contribution in [2.24, 2.45) is 5.92 Å². The maximum Gasteiger partial charge on any atom is 0.285 e. The Bertz CT molecular complexity index is 220. The predicted octanol–water partition coefficient (Wildman–Crippen LogP) is 5.05. The topological polar surface area (TPSA) is 27.7 Å². The summed E-state index contributed by atoms with van der Waals surface area (Å²) in [5.41, 5.74) is 0. The zero-order valence-electron chi connectivity index (χ0n) is 14.5. The van der Waals surface area contributed by atoms with Gasteiger partial charge in [0, 0.05) is 26.7 Å². The fraction of sp³-hybridized carbons (Fsp3) is 1.00. The van der Waals surface area contributed by atoms with Crippen molar-refractivity contribution in [3.05, 3.63) is 0 Å². The molecule has 0 bridgehead atoms. The molecule has 4 heteroatoms. The first-order valence-electron chi connectivity index (χ1n) is 8.55. The zero-order valence-corrected chi connectivity index (χ0v) is 15.4. The minimum absolute atomic E-state index is 0.269. The molecule has 1 atom stereocenters. The molecular formula is C17H36O3S. The molecule has 0 saturated carbocycles. The Morgan fingerprint density at radius 2 is 1.43 bits per heavy atom. The molecule has 0 aliphatic rings. The molecule has 0 aliphatic carbocycles. The highest BCUT2D eigenvalue weighted by molar-refractivity contribution is 7.80. The van der Waals surface area contributed by atoms with E-state index in [-0.39, 0.29) is 5.92 Å². The van der Waals surface area contributed by atoms with E-state index in [1.807, 2.05) is 6.92 Å². The molecule has 0 spiro atoms. The second-order valence-corrected chi connectivity index (χ2v) is 6.01. The van der Waals surface area contributed by atoms with E-state index in [0.29, 0.717) is 6.61 Å². The molecule has 0 fully saturated rings. The van der Waals surface area contributed by atoms with E-state index in [0.717, 1.165) is 25.0 Å². The van der Waals surface area contributed by atoms with Crippen LogP contribution in [0.25, 0.3) is 0 Å². The summed E-state index contributed by atoms with van der Waals surface area (Å²) < 4.78 is 17.0. The Morgan fingerprint density at radius 1 is 0.857 bits per heavy atom. The van der Waals surface area contributed by atoms with Crippen molar-refractivity contribution < 1.29 is 14.2 Å². The quantitative estimate of drug-likeness (QED) is 0.260. The highest BCUT2D eigenvalue weighted by atomic mass is 32.1. The SMILES string of the molecule is CCCCCCCCC(CCCS)C(OC)(OC)OCC. The number of thiol groups is 1. The number of ether oxygens (including phenoxy) is 3. The van der Waals surface area contributed by atoms with Gasteiger partial charge in [0.2, 0.25) is 0 Å². The molecule has 0 aromatic heterocycles. The van der Waals surface area contributed by atoms with Crippen molar-refractivity contribution in [3.63, 3.8) is 0 Å². The second kappa shape index (κ2) is 13.9. The van der Waals surface area contributed by atoms with E-state index in [1.165, 1.54) is 38.5 Å². The number of hydrogen-bond acceptors (Lipinski definition) is 4. The predicted molar refractivity (Wildman–Crippen MR) is 92.9 cm³/mol. The van der Waals surface area contributed by atoms with E-state index in [4.69, 9.17) is 14.2 Å². The van der Waals surface area contributed by atoms with Crippen LogP contribution >= 0.6 is 12.6 Å². The van der Waals surface area contributed by atoms with Crippen molar-refractivity contribution >= 4 is 12.6 Å². The van der Waals surface area contributed by atoms with Crippen LogP contribution in [-0.2, 0) is 14.2 Å². The average molecular weight is 321 g/mol. The zero-order chi connectivity index (χ0) is 16.0. The summed E-state index contributed by atoms with van der Waals surface area (Å²) in [6.07, 6.45) is 11.0. The molecule has 128 valence electrons. The van der Waals surface area contributed by atoms with Crippen molar-refractivity contribution in [3.8, 4) is 0 Å². The van der Waals surface area contributed by atoms with Gasteiger partial charge in [0.1, 0.15) is 0 Å². The molecule has 21 heavy (non-hydrogen) atoms. The third-order valence-electron chi connectivity index (χ3n) is 4.03. The first-order chi connectivity index (χ1) is 10.2. The van der Waals surface area contributed by atoms with Gasteiger partial charge in [0.05, 0.1) is 0 Å². The molecule has 0 aromatic rings. The Kier molecular flexibility index (Phi) is 14.0. The van der Waals surface area contributed by atoms with Crippen LogP contribution in [-0.4, -0.2) is 32.6 Å². The van der Waals surface area contributed by atoms with Gasteiger partial charge in [-0.05, 0) is 31.9 Å². The van der Waals surface area contributed by atoms with E-state index in [1.54, 1.807) is 14.2 Å². The first kappa shape index (κ1) is 21.2. The summed E-state index contributed by atoms with van der Waals surface area (Å²) in [6, 6.07) is 0. The van der Waals surface area contributed by atoms with Crippen molar-refractivity contribution in [2.45, 2.75) is 77.6 Å². The van der Waals surface area contributed by atoms with Crippen molar-refractivity contribution in [1.82, 2.24) is 0 Å². The first-order valence-corrected chi connectivity index (χ1v) is 9.19. The molecule has 0 saturated heterocycles. The molecule has 1 unspecified atom stereocenters. The molecule has 0 aromatic carbocycles. The monoisotopic (exact) mass is 320 g/mol. The van der Waals surface area contributed by atoms with Crippen LogP contribution in [0.1, 0.15) is 71.6 Å². The second-order valence-electron chi connectivity index (χ2n) is 5.56. The fourth-order valence-corrected chi connectivity index (χ4v) is 3.04. The molecule has 0 heterocycles. The number of hydrogen-bond donors (Lipinski definition) is 1. The van der Waals surface area contributed by atoms with Crippen molar-refractivity contribution in [2.75, 3.05) is 26.6 Å². The highest BCUT2D eigenvalue weighted by Gasteiger charge is 2.39. The summed E-state index contributed by atoms with van der Waals surface area (Å²) in [6.45, 7) is 4.82. The van der Waals surface area contributed by atoms with Gasteiger partial charge in [-0.1, -0.05) is 45.4 Å². The standard InChI is InChI=1S/C17H36O3S/c1-5-7-8-9-10-11-13-16(14-12-15-21)17(18-3,19-4)20-6-2/h16,21H,5-15H2,1-4H3. The lowest BCUT2D eigenvalue weighted by Crippen LogP contribution is -2.45. The van der Waals surface area contributed by atoms with Gasteiger partial charge in [0.15, 0.2) is 0 Å². The molecule has 0 rings (SSSR count). The highest BCUT2D eigenvalue weighted by Crippen LogP contribution is 2.33. The Hall–Kier alpha value is 0.230. The van der Waals surface area contributed by atoms with Crippen LogP contribution in [0, 0.1) is 5.92 Å². The van der Waals surface area contributed by atoms with Gasteiger partial charge in [-0.15, -0.1) is 0 Å². The van der Waals surface area contributed by atoms with Crippen molar-refractivity contribution in [1.29, 1.82) is 0 Å². The number of rotatable bonds is 15. The molecule has 0 N–H and O–H groups in total. The van der Waals surface area contributed by atoms with Gasteiger partial charge in [-0.3, -0.25) is 0 Å². The summed E-state index contributed by atoms with van der Waals surface area (Å²) in [7, 11) is 3.35. The van der Waals surface area contributed by atoms with Crippen LogP contribution in [0.3, 0.4) is 0 Å². The van der Waals surface area contributed by atoms with Gasteiger partial charge in [-0.25, -0.2) is 0 Å². The van der Waals surface area contributed by atoms with Crippen LogP contribution < -0.4 is 0 Å². The largest absolute Gasteiger partial charge is 0.331 e. The summed E-state index contributed by atoms with van der Waals surface area (Å²) in [5.74, 6) is 0.273. The normalized spacial score (nSPS) is 13.6. The Balaban J connectivity index is 4.39. The number of unbranched alkanes of at least 4 members (excludes halogenated alkanes) is 5. The molecule has 0 radical (unpaired) electrons. The van der Waals surface area contributed by atoms with E-state index >= 15 is 0 Å². The lowest BCUT2D eigenvalue weighted by atomic mass is 9.93. The van der Waals surface area contributed by atoms with Crippen LogP contribution in [0.4, 0.5) is 0 Å². The van der Waals surface area contributed by atoms with E-state index in [9.17, 15) is 0 Å². The van der Waals surface area contributed by atoms with Crippen LogP contribution in [0.5, 0.6) is 0 Å². The lowest BCUT2D eigenvalue weighted by Gasteiger charge is -2.37. The summed E-state index contributed by atoms with van der Waals surface area (Å²) in [5, 5.41) is 0. The Morgan fingerprint density at radius 3 is 1.95 bits per heavy atom. The summed E-state index contributed by atoms with van der Waals surface area (Å²) in [4.78, 5) is 0. The van der Waals surface area contributed by atoms with E-state index in [2.05, 4.69) is 19.6 Å². The van der Waals surface area contributed by atoms with Gasteiger partial charge >= 0.3 is 0 Å². The summed E-state index contributed by atoms with van der Waals surface area (Å²) >= 11 is 4.33. The molecule has 0 aliphatic heterocycles. The lowest BCUT2D eigenvalue weighted by molar-refractivity contribution is -0.388. The Labute approximate surface area is 137 Å². The van der Waals surface area contributed by atoms with Gasteiger partial charge in [0.25, 0.3) is 5.97 Å². The maximum absolute atomic E-state index is 5.81.